The predicted molar refractivity (Wildman–Crippen MR) is 111 cm³/mol. The number of methoxy groups -OCH3 is 1. The number of ether oxygens (including phenoxy) is 2. The van der Waals surface area contributed by atoms with Crippen molar-refractivity contribution in [1.29, 1.82) is 0 Å². The smallest absolute Gasteiger partial charge is 0.310 e. The molecule has 0 saturated heterocycles. The number of alkyl halides is 2. The number of carbonyl (C=O) groups is 1. The molecule has 0 saturated carbocycles. The molecule has 0 aliphatic heterocycles. The van der Waals surface area contributed by atoms with Crippen LogP contribution in [0.1, 0.15) is 23.1 Å². The van der Waals surface area contributed by atoms with Crippen LogP contribution in [0.15, 0.2) is 65.3 Å². The Hall–Kier alpha value is -3.81. The van der Waals surface area contributed by atoms with E-state index >= 15 is 0 Å². The molecule has 0 spiro atoms. The molecule has 0 N–H and O–H groups in total. The summed E-state index contributed by atoms with van der Waals surface area (Å²) in [5.41, 5.74) is 2.04. The number of hydrogen-bond donors (Lipinski definition) is 0. The van der Waals surface area contributed by atoms with E-state index in [1.807, 2.05) is 0 Å². The van der Waals surface area contributed by atoms with Gasteiger partial charge in [-0.25, -0.2) is 18.2 Å². The first-order chi connectivity index (χ1) is 15.5. The van der Waals surface area contributed by atoms with Crippen molar-refractivity contribution in [2.75, 3.05) is 7.11 Å². The van der Waals surface area contributed by atoms with Crippen molar-refractivity contribution >= 4 is 16.9 Å². The van der Waals surface area contributed by atoms with Gasteiger partial charge in [-0.15, -0.1) is 0 Å². The quantitative estimate of drug-likeness (QED) is 0.336. The first kappa shape index (κ1) is 21.4. The Morgan fingerprint density at radius 2 is 1.91 bits per heavy atom. The van der Waals surface area contributed by atoms with E-state index in [0.717, 1.165) is 0 Å². The summed E-state index contributed by atoms with van der Waals surface area (Å²) in [6.07, 6.45) is -1.41. The van der Waals surface area contributed by atoms with Gasteiger partial charge in [0.1, 0.15) is 18.0 Å². The fraction of sp³-hybridized carbons (Fsp3) is 0.167. The molecular weight excluding hydrogens is 423 g/mol. The van der Waals surface area contributed by atoms with Crippen LogP contribution in [0, 0.1) is 5.82 Å². The zero-order chi connectivity index (χ0) is 22.7. The molecule has 4 aromatic rings. The van der Waals surface area contributed by atoms with Gasteiger partial charge in [-0.2, -0.15) is 0 Å². The number of carbonyl (C=O) groups excluding carboxylic acids is 1. The molecule has 164 valence electrons. The maximum absolute atomic E-state index is 14.4. The molecule has 2 aromatic heterocycles. The second-order valence-corrected chi connectivity index (χ2v) is 6.99. The van der Waals surface area contributed by atoms with Gasteiger partial charge in [0, 0.05) is 28.1 Å². The standard InChI is InChI=1S/C24H18F3NO4/c1-30-22(29)12-14-5-6-15(11-19(14)25)20-3-2-4-21(28-20)32-13-16-7-8-18(24(26)27)17-9-10-31-23(16)17/h2-11,24H,12-13H2,1H3. The number of pyridine rings is 1. The van der Waals surface area contributed by atoms with Crippen LogP contribution in [0.2, 0.25) is 0 Å². The van der Waals surface area contributed by atoms with E-state index in [0.29, 0.717) is 27.8 Å². The molecular formula is C24H18F3NO4. The van der Waals surface area contributed by atoms with Gasteiger partial charge in [-0.3, -0.25) is 4.79 Å². The summed E-state index contributed by atoms with van der Waals surface area (Å²) < 4.78 is 56.4. The zero-order valence-corrected chi connectivity index (χ0v) is 17.0. The largest absolute Gasteiger partial charge is 0.473 e. The Labute approximate surface area is 181 Å². The third kappa shape index (κ3) is 4.44. The van der Waals surface area contributed by atoms with Crippen molar-refractivity contribution in [2.45, 2.75) is 19.5 Å². The summed E-state index contributed by atoms with van der Waals surface area (Å²) in [6.45, 7) is 0.0520. The summed E-state index contributed by atoms with van der Waals surface area (Å²) in [5.74, 6) is -0.794. The Balaban J connectivity index is 1.53. The number of rotatable bonds is 7. The van der Waals surface area contributed by atoms with Crippen LogP contribution in [0.3, 0.4) is 0 Å². The van der Waals surface area contributed by atoms with Crippen molar-refractivity contribution in [2.24, 2.45) is 0 Å². The fourth-order valence-electron chi connectivity index (χ4n) is 3.33. The van der Waals surface area contributed by atoms with Crippen molar-refractivity contribution in [3.8, 4) is 17.1 Å². The van der Waals surface area contributed by atoms with E-state index in [1.54, 1.807) is 24.3 Å². The van der Waals surface area contributed by atoms with Gasteiger partial charge in [0.15, 0.2) is 0 Å². The first-order valence-electron chi connectivity index (χ1n) is 9.69. The van der Waals surface area contributed by atoms with E-state index in [9.17, 15) is 18.0 Å². The lowest BCUT2D eigenvalue weighted by Crippen LogP contribution is -2.06. The minimum atomic E-state index is -2.61. The monoisotopic (exact) mass is 441 g/mol. The van der Waals surface area contributed by atoms with Crippen molar-refractivity contribution in [1.82, 2.24) is 4.98 Å². The van der Waals surface area contributed by atoms with E-state index in [1.165, 1.54) is 43.7 Å². The molecule has 32 heavy (non-hydrogen) atoms. The molecule has 0 bridgehead atoms. The Kier molecular flexibility index (Phi) is 6.11. The average molecular weight is 441 g/mol. The Morgan fingerprint density at radius 3 is 2.66 bits per heavy atom. The molecule has 2 heterocycles. The maximum atomic E-state index is 14.4. The molecule has 0 atom stereocenters. The highest BCUT2D eigenvalue weighted by molar-refractivity contribution is 5.84. The Bertz CT molecular complexity index is 1270. The minimum absolute atomic E-state index is 0.0520. The van der Waals surface area contributed by atoms with Crippen LogP contribution in [0.25, 0.3) is 22.2 Å². The SMILES string of the molecule is COC(=O)Cc1ccc(-c2cccc(OCc3ccc(C(F)F)c4ccoc34)n2)cc1F. The van der Waals surface area contributed by atoms with Crippen LogP contribution in [0.4, 0.5) is 13.2 Å². The number of halogens is 3. The third-order valence-corrected chi connectivity index (χ3v) is 4.98. The summed E-state index contributed by atoms with van der Waals surface area (Å²) >= 11 is 0. The molecule has 5 nitrogen and oxygen atoms in total. The average Bonchev–Trinajstić information content (AvgIpc) is 3.29. The number of benzene rings is 2. The predicted octanol–water partition coefficient (Wildman–Crippen LogP) is 5.87. The normalized spacial score (nSPS) is 11.2. The van der Waals surface area contributed by atoms with E-state index in [4.69, 9.17) is 9.15 Å². The number of furan rings is 1. The first-order valence-corrected chi connectivity index (χ1v) is 9.69. The molecule has 0 amide bonds. The van der Waals surface area contributed by atoms with Crippen LogP contribution >= 0.6 is 0 Å². The lowest BCUT2D eigenvalue weighted by molar-refractivity contribution is -0.139. The maximum Gasteiger partial charge on any atom is 0.310 e. The molecule has 0 fully saturated rings. The number of esters is 1. The molecule has 2 aromatic carbocycles. The van der Waals surface area contributed by atoms with Gasteiger partial charge in [0.05, 0.1) is 25.5 Å². The van der Waals surface area contributed by atoms with Crippen molar-refractivity contribution < 1.29 is 31.9 Å². The van der Waals surface area contributed by atoms with Crippen molar-refractivity contribution in [3.63, 3.8) is 0 Å². The summed E-state index contributed by atoms with van der Waals surface area (Å²) in [6, 6.07) is 13.9. The van der Waals surface area contributed by atoms with E-state index in [-0.39, 0.29) is 30.0 Å². The Morgan fingerprint density at radius 1 is 1.09 bits per heavy atom. The molecule has 0 radical (unpaired) electrons. The fourth-order valence-corrected chi connectivity index (χ4v) is 3.33. The second-order valence-electron chi connectivity index (χ2n) is 6.99. The van der Waals surface area contributed by atoms with Crippen LogP contribution in [-0.2, 0) is 22.6 Å². The van der Waals surface area contributed by atoms with Gasteiger partial charge in [0.2, 0.25) is 5.88 Å². The highest BCUT2D eigenvalue weighted by atomic mass is 19.3. The van der Waals surface area contributed by atoms with E-state index in [2.05, 4.69) is 9.72 Å². The zero-order valence-electron chi connectivity index (χ0n) is 17.0. The molecule has 0 unspecified atom stereocenters. The minimum Gasteiger partial charge on any atom is -0.473 e. The summed E-state index contributed by atoms with van der Waals surface area (Å²) in [7, 11) is 1.24. The van der Waals surface area contributed by atoms with Gasteiger partial charge < -0.3 is 13.9 Å². The lowest BCUT2D eigenvalue weighted by Gasteiger charge is -2.10. The van der Waals surface area contributed by atoms with Crippen molar-refractivity contribution in [3.05, 3.63) is 83.4 Å². The molecule has 0 aliphatic carbocycles. The highest BCUT2D eigenvalue weighted by Gasteiger charge is 2.16. The van der Waals surface area contributed by atoms with Crippen LogP contribution < -0.4 is 4.74 Å². The van der Waals surface area contributed by atoms with Gasteiger partial charge in [0.25, 0.3) is 6.43 Å². The topological polar surface area (TPSA) is 61.6 Å². The number of fused-ring (bicyclic) bond motifs is 1. The number of aromatic nitrogens is 1. The number of hydrogen-bond acceptors (Lipinski definition) is 5. The molecule has 4 rings (SSSR count). The van der Waals surface area contributed by atoms with Gasteiger partial charge >= 0.3 is 5.97 Å². The summed E-state index contributed by atoms with van der Waals surface area (Å²) in [4.78, 5) is 15.8. The third-order valence-electron chi connectivity index (χ3n) is 4.98. The van der Waals surface area contributed by atoms with Gasteiger partial charge in [-0.1, -0.05) is 30.3 Å². The molecule has 0 aliphatic rings. The van der Waals surface area contributed by atoms with Gasteiger partial charge in [-0.05, 0) is 23.8 Å². The highest BCUT2D eigenvalue weighted by Crippen LogP contribution is 2.31. The second kappa shape index (κ2) is 9.13. The lowest BCUT2D eigenvalue weighted by atomic mass is 10.1. The van der Waals surface area contributed by atoms with E-state index < -0.39 is 18.2 Å². The van der Waals surface area contributed by atoms with Crippen LogP contribution in [0.5, 0.6) is 5.88 Å². The summed E-state index contributed by atoms with van der Waals surface area (Å²) in [5, 5.41) is 0.338. The molecule has 8 heteroatoms. The number of nitrogens with zero attached hydrogens (tertiary/aromatic N) is 1. The van der Waals surface area contributed by atoms with Crippen LogP contribution in [-0.4, -0.2) is 18.1 Å².